The van der Waals surface area contributed by atoms with E-state index in [-0.39, 0.29) is 11.8 Å². The Morgan fingerprint density at radius 2 is 0.524 bits per heavy atom. The second kappa shape index (κ2) is 36.1. The summed E-state index contributed by atoms with van der Waals surface area (Å²) in [6.07, 6.45) is 40.4. The maximum Gasteiger partial charge on any atom is 0.219 e. The summed E-state index contributed by atoms with van der Waals surface area (Å²) < 4.78 is 0. The maximum atomic E-state index is 12.0. The van der Waals surface area contributed by atoms with Crippen LogP contribution in [0.3, 0.4) is 0 Å². The van der Waals surface area contributed by atoms with Gasteiger partial charge in [0.25, 0.3) is 0 Å². The van der Waals surface area contributed by atoms with Crippen LogP contribution in [0.25, 0.3) is 0 Å². The quantitative estimate of drug-likeness (QED) is 0.0719. The Balaban J connectivity index is 3.24. The van der Waals surface area contributed by atoms with Crippen molar-refractivity contribution in [3.63, 3.8) is 0 Å². The Hall–Kier alpha value is -1.06. The highest BCUT2D eigenvalue weighted by Gasteiger charge is 2.03. The predicted octanol–water partition coefficient (Wildman–Crippen LogP) is 11.7. The van der Waals surface area contributed by atoms with Crippen LogP contribution in [0.15, 0.2) is 0 Å². The van der Waals surface area contributed by atoms with Crippen LogP contribution in [0, 0.1) is 0 Å². The summed E-state index contributed by atoms with van der Waals surface area (Å²) in [6, 6.07) is 0. The molecule has 0 aliphatic rings. The fourth-order valence-corrected chi connectivity index (χ4v) is 5.84. The van der Waals surface area contributed by atoms with Gasteiger partial charge in [0, 0.05) is 25.9 Å². The van der Waals surface area contributed by atoms with Crippen LogP contribution in [0.4, 0.5) is 0 Å². The van der Waals surface area contributed by atoms with E-state index in [1.807, 2.05) is 0 Å². The molecular formula is C38H76N2O2. The Morgan fingerprint density at radius 1 is 0.310 bits per heavy atom. The average Bonchev–Trinajstić information content (AvgIpc) is 2.99. The zero-order valence-electron chi connectivity index (χ0n) is 28.9. The summed E-state index contributed by atoms with van der Waals surface area (Å²) in [5.41, 5.74) is 0. The molecule has 0 saturated carbocycles. The Bertz CT molecular complexity index is 503. The molecule has 0 bridgehead atoms. The topological polar surface area (TPSA) is 58.2 Å². The van der Waals surface area contributed by atoms with Crippen molar-refractivity contribution in [2.45, 2.75) is 219 Å². The molecule has 4 heteroatoms. The van der Waals surface area contributed by atoms with Gasteiger partial charge in [0.1, 0.15) is 0 Å². The van der Waals surface area contributed by atoms with Crippen molar-refractivity contribution < 1.29 is 9.59 Å². The molecule has 0 atom stereocenters. The van der Waals surface area contributed by atoms with E-state index >= 15 is 0 Å². The summed E-state index contributed by atoms with van der Waals surface area (Å²) in [5.74, 6) is 0.450. The SMILES string of the molecule is CCCCCCCCCCCCCCNC(=O)CCCCCCCCC(=O)NCCCCCCCCCCCCCC. The minimum absolute atomic E-state index is 0.225. The number of carbonyl (C=O) groups is 2. The monoisotopic (exact) mass is 593 g/mol. The molecule has 250 valence electrons. The minimum Gasteiger partial charge on any atom is -0.356 e. The third kappa shape index (κ3) is 35.1. The van der Waals surface area contributed by atoms with Crippen molar-refractivity contribution in [2.24, 2.45) is 0 Å². The zero-order valence-corrected chi connectivity index (χ0v) is 28.9. The number of unbranched alkanes of at least 4 members (excludes halogenated alkanes) is 27. The van der Waals surface area contributed by atoms with Gasteiger partial charge in [-0.3, -0.25) is 9.59 Å². The molecule has 0 aliphatic carbocycles. The van der Waals surface area contributed by atoms with Crippen LogP contribution < -0.4 is 10.6 Å². The van der Waals surface area contributed by atoms with Gasteiger partial charge >= 0.3 is 0 Å². The molecule has 2 N–H and O–H groups in total. The van der Waals surface area contributed by atoms with Gasteiger partial charge in [0.15, 0.2) is 0 Å². The molecule has 4 nitrogen and oxygen atoms in total. The molecule has 0 spiro atoms. The van der Waals surface area contributed by atoms with Gasteiger partial charge in [-0.2, -0.15) is 0 Å². The summed E-state index contributed by atoms with van der Waals surface area (Å²) in [5, 5.41) is 6.21. The van der Waals surface area contributed by atoms with Gasteiger partial charge in [-0.25, -0.2) is 0 Å². The number of hydrogen-bond donors (Lipinski definition) is 2. The third-order valence-corrected chi connectivity index (χ3v) is 8.76. The molecule has 0 aromatic carbocycles. The highest BCUT2D eigenvalue weighted by molar-refractivity contribution is 5.76. The highest BCUT2D eigenvalue weighted by atomic mass is 16.2. The van der Waals surface area contributed by atoms with Gasteiger partial charge in [0.2, 0.25) is 11.8 Å². The van der Waals surface area contributed by atoms with E-state index in [2.05, 4.69) is 24.5 Å². The first kappa shape index (κ1) is 40.9. The molecule has 0 saturated heterocycles. The molecule has 0 aromatic heterocycles. The van der Waals surface area contributed by atoms with Crippen molar-refractivity contribution in [3.8, 4) is 0 Å². The Morgan fingerprint density at radius 3 is 0.786 bits per heavy atom. The first-order valence-electron chi connectivity index (χ1n) is 19.2. The lowest BCUT2D eigenvalue weighted by Gasteiger charge is -2.07. The first-order chi connectivity index (χ1) is 20.7. The molecule has 42 heavy (non-hydrogen) atoms. The van der Waals surface area contributed by atoms with Gasteiger partial charge in [-0.1, -0.05) is 181 Å². The molecule has 0 unspecified atom stereocenters. The highest BCUT2D eigenvalue weighted by Crippen LogP contribution is 2.13. The fraction of sp³-hybridized carbons (Fsp3) is 0.947. The van der Waals surface area contributed by atoms with Crippen LogP contribution in [0.1, 0.15) is 219 Å². The van der Waals surface area contributed by atoms with E-state index in [0.29, 0.717) is 12.8 Å². The molecular weight excluding hydrogens is 516 g/mol. The van der Waals surface area contributed by atoms with E-state index < -0.39 is 0 Å². The molecule has 0 aliphatic heterocycles. The average molecular weight is 593 g/mol. The van der Waals surface area contributed by atoms with Gasteiger partial charge in [-0.05, 0) is 25.7 Å². The number of amides is 2. The van der Waals surface area contributed by atoms with E-state index in [4.69, 9.17) is 0 Å². The van der Waals surface area contributed by atoms with Crippen LogP contribution in [0.2, 0.25) is 0 Å². The Kier molecular flexibility index (Phi) is 35.2. The minimum atomic E-state index is 0.225. The smallest absolute Gasteiger partial charge is 0.219 e. The van der Waals surface area contributed by atoms with Crippen molar-refractivity contribution in [1.82, 2.24) is 10.6 Å². The summed E-state index contributed by atoms with van der Waals surface area (Å²) in [6.45, 7) is 6.25. The zero-order chi connectivity index (χ0) is 30.6. The number of rotatable bonds is 35. The van der Waals surface area contributed by atoms with Crippen molar-refractivity contribution in [3.05, 3.63) is 0 Å². The van der Waals surface area contributed by atoms with Crippen LogP contribution in [-0.4, -0.2) is 24.9 Å². The third-order valence-electron chi connectivity index (χ3n) is 8.76. The molecule has 0 heterocycles. The van der Waals surface area contributed by atoms with Gasteiger partial charge < -0.3 is 10.6 Å². The number of carbonyl (C=O) groups excluding carboxylic acids is 2. The second-order valence-electron chi connectivity index (χ2n) is 13.1. The maximum absolute atomic E-state index is 12.0. The van der Waals surface area contributed by atoms with Crippen molar-refractivity contribution in [1.29, 1.82) is 0 Å². The predicted molar refractivity (Wildman–Crippen MR) is 185 cm³/mol. The molecule has 2 amide bonds. The van der Waals surface area contributed by atoms with Gasteiger partial charge in [0.05, 0.1) is 0 Å². The molecule has 0 rings (SSSR count). The van der Waals surface area contributed by atoms with E-state index in [1.165, 1.54) is 154 Å². The van der Waals surface area contributed by atoms with Crippen molar-refractivity contribution in [2.75, 3.05) is 13.1 Å². The lowest BCUT2D eigenvalue weighted by molar-refractivity contribution is -0.122. The first-order valence-corrected chi connectivity index (χ1v) is 19.2. The fourth-order valence-electron chi connectivity index (χ4n) is 5.84. The largest absolute Gasteiger partial charge is 0.356 e. The van der Waals surface area contributed by atoms with Crippen LogP contribution in [-0.2, 0) is 9.59 Å². The summed E-state index contributed by atoms with van der Waals surface area (Å²) >= 11 is 0. The van der Waals surface area contributed by atoms with E-state index in [9.17, 15) is 9.59 Å². The molecule has 0 aromatic rings. The standard InChI is InChI=1S/C38H76N2O2/c1-3-5-7-9-11-13-15-17-19-23-27-31-35-39-37(41)33-29-25-21-22-26-30-34-38(42)40-36-32-28-24-20-18-16-14-12-10-8-6-4-2/h3-36H2,1-2H3,(H,39,41)(H,40,42). The molecule has 0 fully saturated rings. The van der Waals surface area contributed by atoms with Crippen molar-refractivity contribution >= 4 is 11.8 Å². The molecule has 0 radical (unpaired) electrons. The van der Waals surface area contributed by atoms with Crippen LogP contribution in [0.5, 0.6) is 0 Å². The van der Waals surface area contributed by atoms with E-state index in [1.54, 1.807) is 0 Å². The van der Waals surface area contributed by atoms with E-state index in [0.717, 1.165) is 51.6 Å². The second-order valence-corrected chi connectivity index (χ2v) is 13.1. The summed E-state index contributed by atoms with van der Waals surface area (Å²) in [7, 11) is 0. The number of nitrogens with one attached hydrogen (secondary N) is 2. The van der Waals surface area contributed by atoms with Crippen LogP contribution >= 0.6 is 0 Å². The lowest BCUT2D eigenvalue weighted by atomic mass is 10.1. The summed E-state index contributed by atoms with van der Waals surface area (Å²) in [4.78, 5) is 24.1. The lowest BCUT2D eigenvalue weighted by Crippen LogP contribution is -2.24. The van der Waals surface area contributed by atoms with Gasteiger partial charge in [-0.15, -0.1) is 0 Å². The Labute approximate surface area is 264 Å². The number of hydrogen-bond acceptors (Lipinski definition) is 2. The normalized spacial score (nSPS) is 11.2.